The predicted molar refractivity (Wildman–Crippen MR) is 70.6 cm³/mol. The van der Waals surface area contributed by atoms with Crippen LogP contribution in [0.15, 0.2) is 34.9 Å². The summed E-state index contributed by atoms with van der Waals surface area (Å²) in [4.78, 5) is 4.10. The van der Waals surface area contributed by atoms with E-state index in [1.54, 1.807) is 18.1 Å². The molecule has 3 nitrogen and oxygen atoms in total. The molecular weight excluding hydrogens is 262 g/mol. The Kier molecular flexibility index (Phi) is 4.44. The van der Waals surface area contributed by atoms with Gasteiger partial charge in [0.2, 0.25) is 0 Å². The summed E-state index contributed by atoms with van der Waals surface area (Å²) in [6.45, 7) is 0.895. The number of benzene rings is 1. The zero-order valence-corrected chi connectivity index (χ0v) is 10.8. The highest BCUT2D eigenvalue weighted by atomic mass is 35.5. The first-order chi connectivity index (χ1) is 7.84. The van der Waals surface area contributed by atoms with Crippen molar-refractivity contribution < 1.29 is 0 Å². The van der Waals surface area contributed by atoms with Crippen LogP contribution in [0.1, 0.15) is 0 Å². The molecule has 0 fully saturated rings. The molecule has 0 unspecified atom stereocenters. The maximum absolute atomic E-state index is 5.79. The Morgan fingerprint density at radius 2 is 2.12 bits per heavy atom. The van der Waals surface area contributed by atoms with E-state index in [2.05, 4.69) is 14.7 Å². The maximum Gasteiger partial charge on any atom is 0.169 e. The van der Waals surface area contributed by atoms with E-state index in [9.17, 15) is 0 Å². The van der Waals surface area contributed by atoms with Crippen molar-refractivity contribution in [3.63, 3.8) is 0 Å². The number of nitrogens with one attached hydrogen (secondary N) is 1. The first kappa shape index (κ1) is 11.7. The van der Waals surface area contributed by atoms with Gasteiger partial charge in [0.1, 0.15) is 6.33 Å². The lowest BCUT2D eigenvalue weighted by molar-refractivity contribution is 1.19. The van der Waals surface area contributed by atoms with E-state index in [4.69, 9.17) is 11.6 Å². The smallest absolute Gasteiger partial charge is 0.169 e. The van der Waals surface area contributed by atoms with Gasteiger partial charge in [-0.1, -0.05) is 23.4 Å². The third-order valence-electron chi connectivity index (χ3n) is 1.84. The van der Waals surface area contributed by atoms with Gasteiger partial charge in [-0.25, -0.2) is 4.98 Å². The summed E-state index contributed by atoms with van der Waals surface area (Å²) in [5, 5.41) is 4.07. The number of hydrogen-bond acceptors (Lipinski definition) is 5. The van der Waals surface area contributed by atoms with E-state index in [1.807, 2.05) is 24.3 Å². The zero-order chi connectivity index (χ0) is 11.2. The second kappa shape index (κ2) is 6.08. The first-order valence-corrected chi connectivity index (χ1v) is 6.87. The van der Waals surface area contributed by atoms with Crippen molar-refractivity contribution in [3.05, 3.63) is 35.6 Å². The number of hydrogen-bond donors (Lipinski definition) is 1. The Balaban J connectivity index is 1.70. The molecule has 0 aliphatic carbocycles. The van der Waals surface area contributed by atoms with Crippen LogP contribution in [0.3, 0.4) is 0 Å². The van der Waals surface area contributed by atoms with Crippen molar-refractivity contribution in [2.45, 2.75) is 4.34 Å². The standard InChI is InChI=1S/C10H10ClN3S2/c11-8-1-3-9(4-2-8)12-5-6-15-10-13-7-14-16-10/h1-4,7,12H,5-6H2. The number of aromatic nitrogens is 2. The molecule has 0 bridgehead atoms. The molecule has 84 valence electrons. The number of halogens is 1. The van der Waals surface area contributed by atoms with Crippen LogP contribution < -0.4 is 5.32 Å². The normalized spacial score (nSPS) is 10.3. The molecule has 0 aliphatic heterocycles. The maximum atomic E-state index is 5.79. The highest BCUT2D eigenvalue weighted by Gasteiger charge is 1.97. The quantitative estimate of drug-likeness (QED) is 0.668. The molecule has 6 heteroatoms. The third kappa shape index (κ3) is 3.66. The highest BCUT2D eigenvalue weighted by Crippen LogP contribution is 2.18. The van der Waals surface area contributed by atoms with Gasteiger partial charge in [0.25, 0.3) is 0 Å². The lowest BCUT2D eigenvalue weighted by Gasteiger charge is -2.04. The topological polar surface area (TPSA) is 37.8 Å². The average molecular weight is 272 g/mol. The molecule has 2 rings (SSSR count). The Morgan fingerprint density at radius 3 is 2.81 bits per heavy atom. The van der Waals surface area contributed by atoms with Gasteiger partial charge in [0.05, 0.1) is 0 Å². The zero-order valence-electron chi connectivity index (χ0n) is 8.39. The second-order valence-electron chi connectivity index (χ2n) is 2.99. The van der Waals surface area contributed by atoms with E-state index in [0.717, 1.165) is 27.3 Å². The second-order valence-corrected chi connectivity index (χ2v) is 5.55. The van der Waals surface area contributed by atoms with Gasteiger partial charge in [-0.3, -0.25) is 0 Å². The molecule has 0 atom stereocenters. The third-order valence-corrected chi connectivity index (χ3v) is 3.89. The number of thioether (sulfide) groups is 1. The van der Waals surface area contributed by atoms with Crippen molar-refractivity contribution >= 4 is 40.6 Å². The Morgan fingerprint density at radius 1 is 1.31 bits per heavy atom. The van der Waals surface area contributed by atoms with E-state index in [-0.39, 0.29) is 0 Å². The molecule has 0 aliphatic rings. The molecule has 0 amide bonds. The molecule has 0 saturated carbocycles. The Bertz CT molecular complexity index is 416. The Hall–Kier alpha value is -0.780. The first-order valence-electron chi connectivity index (χ1n) is 4.73. The minimum Gasteiger partial charge on any atom is -0.384 e. The van der Waals surface area contributed by atoms with Crippen LogP contribution in [-0.4, -0.2) is 21.7 Å². The minimum atomic E-state index is 0.758. The van der Waals surface area contributed by atoms with Gasteiger partial charge in [-0.15, -0.1) is 0 Å². The molecular formula is C10H10ClN3S2. The van der Waals surface area contributed by atoms with Gasteiger partial charge < -0.3 is 5.32 Å². The van der Waals surface area contributed by atoms with Gasteiger partial charge >= 0.3 is 0 Å². The largest absolute Gasteiger partial charge is 0.384 e. The summed E-state index contributed by atoms with van der Waals surface area (Å²) < 4.78 is 4.96. The van der Waals surface area contributed by atoms with Gasteiger partial charge in [0, 0.05) is 23.0 Å². The van der Waals surface area contributed by atoms with Crippen LogP contribution in [-0.2, 0) is 0 Å². The monoisotopic (exact) mass is 271 g/mol. The molecule has 2 aromatic rings. The summed E-state index contributed by atoms with van der Waals surface area (Å²) in [6, 6.07) is 7.69. The van der Waals surface area contributed by atoms with E-state index in [1.165, 1.54) is 11.5 Å². The average Bonchev–Trinajstić information content (AvgIpc) is 2.80. The molecule has 1 aromatic carbocycles. The van der Waals surface area contributed by atoms with E-state index < -0.39 is 0 Å². The van der Waals surface area contributed by atoms with E-state index in [0.29, 0.717) is 0 Å². The molecule has 0 spiro atoms. The minimum absolute atomic E-state index is 0.758. The van der Waals surface area contributed by atoms with Crippen LogP contribution in [0.2, 0.25) is 5.02 Å². The lowest BCUT2D eigenvalue weighted by Crippen LogP contribution is -2.03. The molecule has 1 aromatic heterocycles. The molecule has 0 saturated heterocycles. The SMILES string of the molecule is Clc1ccc(NCCSc2ncns2)cc1. The molecule has 16 heavy (non-hydrogen) atoms. The summed E-state index contributed by atoms with van der Waals surface area (Å²) in [5.41, 5.74) is 1.09. The lowest BCUT2D eigenvalue weighted by atomic mass is 10.3. The van der Waals surface area contributed by atoms with Crippen LogP contribution in [0.4, 0.5) is 5.69 Å². The number of anilines is 1. The summed E-state index contributed by atoms with van der Waals surface area (Å²) >= 11 is 8.93. The van der Waals surface area contributed by atoms with Crippen molar-refractivity contribution in [2.75, 3.05) is 17.6 Å². The number of nitrogens with zero attached hydrogens (tertiary/aromatic N) is 2. The number of rotatable bonds is 5. The van der Waals surface area contributed by atoms with E-state index >= 15 is 0 Å². The summed E-state index contributed by atoms with van der Waals surface area (Å²) in [6.07, 6.45) is 1.58. The van der Waals surface area contributed by atoms with Crippen LogP contribution >= 0.6 is 34.9 Å². The van der Waals surface area contributed by atoms with Crippen LogP contribution in [0, 0.1) is 0 Å². The molecule has 1 N–H and O–H groups in total. The van der Waals surface area contributed by atoms with Crippen LogP contribution in [0.25, 0.3) is 0 Å². The van der Waals surface area contributed by atoms with Crippen LogP contribution in [0.5, 0.6) is 0 Å². The Labute approximate surface area is 107 Å². The molecule has 1 heterocycles. The highest BCUT2D eigenvalue weighted by molar-refractivity contribution is 8.00. The van der Waals surface area contributed by atoms with Gasteiger partial charge in [0.15, 0.2) is 4.34 Å². The van der Waals surface area contributed by atoms with Gasteiger partial charge in [-0.2, -0.15) is 4.37 Å². The van der Waals surface area contributed by atoms with Crippen molar-refractivity contribution in [1.82, 2.24) is 9.36 Å². The fourth-order valence-electron chi connectivity index (χ4n) is 1.13. The molecule has 0 radical (unpaired) electrons. The fourth-order valence-corrected chi connectivity index (χ4v) is 2.62. The predicted octanol–water partition coefficient (Wildman–Crippen LogP) is 3.40. The van der Waals surface area contributed by atoms with Crippen molar-refractivity contribution in [1.29, 1.82) is 0 Å². The van der Waals surface area contributed by atoms with Gasteiger partial charge in [-0.05, 0) is 35.8 Å². The fraction of sp³-hybridized carbons (Fsp3) is 0.200. The summed E-state index contributed by atoms with van der Waals surface area (Å²) in [7, 11) is 0. The van der Waals surface area contributed by atoms with Crippen molar-refractivity contribution in [2.24, 2.45) is 0 Å². The van der Waals surface area contributed by atoms with Crippen molar-refractivity contribution in [3.8, 4) is 0 Å². The summed E-state index contributed by atoms with van der Waals surface area (Å²) in [5.74, 6) is 0.970.